The van der Waals surface area contributed by atoms with Crippen LogP contribution >= 0.6 is 23.5 Å². The third kappa shape index (κ3) is 4.32. The Hall–Kier alpha value is 0.0800. The monoisotopic (exact) mass is 312 g/mol. The van der Waals surface area contributed by atoms with Crippen LogP contribution in [0.25, 0.3) is 0 Å². The van der Waals surface area contributed by atoms with Crippen LogP contribution in [0.3, 0.4) is 0 Å². The first-order valence-electron chi connectivity index (χ1n) is 5.69. The predicted molar refractivity (Wildman–Crippen MR) is 78.6 cm³/mol. The molecular weight excluding hydrogens is 292 g/mol. The third-order valence-corrected chi connectivity index (χ3v) is 6.10. The minimum absolute atomic E-state index is 0.236. The molecule has 2 N–H and O–H groups in total. The SMILES string of the molecule is CSCC[C@@H](N)C(=O)N1CCSCC1S(C)(=O)=O. The van der Waals surface area contributed by atoms with Crippen molar-refractivity contribution in [2.45, 2.75) is 17.8 Å². The molecule has 2 atom stereocenters. The van der Waals surface area contributed by atoms with Gasteiger partial charge >= 0.3 is 0 Å². The summed E-state index contributed by atoms with van der Waals surface area (Å²) in [7, 11) is -3.25. The molecule has 0 aliphatic carbocycles. The Kier molecular flexibility index (Phi) is 6.29. The van der Waals surface area contributed by atoms with Gasteiger partial charge in [0.1, 0.15) is 5.37 Å². The third-order valence-electron chi connectivity index (χ3n) is 2.81. The van der Waals surface area contributed by atoms with E-state index in [4.69, 9.17) is 5.73 Å². The van der Waals surface area contributed by atoms with Crippen molar-refractivity contribution in [1.82, 2.24) is 4.90 Å². The van der Waals surface area contributed by atoms with Crippen molar-refractivity contribution >= 4 is 39.3 Å². The van der Waals surface area contributed by atoms with Crippen LogP contribution in [0.1, 0.15) is 6.42 Å². The van der Waals surface area contributed by atoms with Crippen LogP contribution in [0.4, 0.5) is 0 Å². The molecule has 1 aliphatic rings. The number of carbonyl (C=O) groups is 1. The molecule has 1 heterocycles. The van der Waals surface area contributed by atoms with Crippen molar-refractivity contribution in [3.8, 4) is 0 Å². The maximum atomic E-state index is 12.2. The maximum absolute atomic E-state index is 12.2. The summed E-state index contributed by atoms with van der Waals surface area (Å²) in [6, 6.07) is -0.593. The highest BCUT2D eigenvalue weighted by atomic mass is 32.2. The van der Waals surface area contributed by atoms with E-state index in [2.05, 4.69) is 0 Å². The van der Waals surface area contributed by atoms with Gasteiger partial charge in [-0.3, -0.25) is 4.79 Å². The Balaban J connectivity index is 2.74. The number of carbonyl (C=O) groups excluding carboxylic acids is 1. The van der Waals surface area contributed by atoms with Gasteiger partial charge in [0, 0.05) is 24.3 Å². The Morgan fingerprint density at radius 2 is 2.28 bits per heavy atom. The minimum Gasteiger partial charge on any atom is -0.323 e. The van der Waals surface area contributed by atoms with Crippen molar-refractivity contribution < 1.29 is 13.2 Å². The average Bonchev–Trinajstić information content (AvgIpc) is 2.34. The number of sulfone groups is 1. The highest BCUT2D eigenvalue weighted by Crippen LogP contribution is 2.21. The Morgan fingerprint density at radius 1 is 1.61 bits per heavy atom. The molecule has 1 amide bonds. The second-order valence-corrected chi connectivity index (χ2v) is 8.62. The first kappa shape index (κ1) is 16.1. The molecule has 18 heavy (non-hydrogen) atoms. The van der Waals surface area contributed by atoms with Crippen LogP contribution in [-0.4, -0.2) is 67.0 Å². The van der Waals surface area contributed by atoms with E-state index in [0.29, 0.717) is 18.7 Å². The van der Waals surface area contributed by atoms with Gasteiger partial charge in [0.2, 0.25) is 5.91 Å². The predicted octanol–water partition coefficient (Wildman–Crippen LogP) is 0.0129. The fourth-order valence-electron chi connectivity index (χ4n) is 1.77. The van der Waals surface area contributed by atoms with Crippen molar-refractivity contribution in [3.63, 3.8) is 0 Å². The molecule has 1 saturated heterocycles. The van der Waals surface area contributed by atoms with E-state index in [-0.39, 0.29) is 5.91 Å². The molecule has 0 aromatic carbocycles. The van der Waals surface area contributed by atoms with E-state index in [1.54, 1.807) is 23.5 Å². The number of nitrogens with zero attached hydrogens (tertiary/aromatic N) is 1. The number of hydrogen-bond acceptors (Lipinski definition) is 6. The quantitative estimate of drug-likeness (QED) is 0.770. The zero-order valence-corrected chi connectivity index (χ0v) is 13.1. The summed E-state index contributed by atoms with van der Waals surface area (Å²) in [5, 5.41) is -0.718. The van der Waals surface area contributed by atoms with Gasteiger partial charge in [0.15, 0.2) is 9.84 Å². The zero-order chi connectivity index (χ0) is 13.8. The Labute approximate surface area is 117 Å². The van der Waals surface area contributed by atoms with E-state index in [0.717, 1.165) is 11.5 Å². The van der Waals surface area contributed by atoms with E-state index < -0.39 is 21.3 Å². The average molecular weight is 312 g/mol. The van der Waals surface area contributed by atoms with Gasteiger partial charge in [0.05, 0.1) is 6.04 Å². The number of rotatable bonds is 5. The van der Waals surface area contributed by atoms with Gasteiger partial charge in [-0.05, 0) is 18.4 Å². The molecule has 8 heteroatoms. The molecule has 1 aliphatic heterocycles. The molecule has 0 radical (unpaired) electrons. The van der Waals surface area contributed by atoms with Crippen molar-refractivity contribution in [1.29, 1.82) is 0 Å². The van der Waals surface area contributed by atoms with Crippen LogP contribution < -0.4 is 5.73 Å². The van der Waals surface area contributed by atoms with Gasteiger partial charge in [-0.1, -0.05) is 0 Å². The summed E-state index contributed by atoms with van der Waals surface area (Å²) >= 11 is 3.19. The van der Waals surface area contributed by atoms with Crippen molar-refractivity contribution in [2.24, 2.45) is 5.73 Å². The minimum atomic E-state index is -3.25. The molecule has 0 bridgehead atoms. The second kappa shape index (κ2) is 7.02. The van der Waals surface area contributed by atoms with Crippen LogP contribution in [0.5, 0.6) is 0 Å². The molecule has 0 saturated carbocycles. The van der Waals surface area contributed by atoms with Crippen LogP contribution in [0.2, 0.25) is 0 Å². The highest BCUT2D eigenvalue weighted by Gasteiger charge is 2.35. The van der Waals surface area contributed by atoms with E-state index in [1.807, 2.05) is 6.26 Å². The summed E-state index contributed by atoms with van der Waals surface area (Å²) in [5.74, 6) is 1.78. The van der Waals surface area contributed by atoms with Crippen LogP contribution in [0, 0.1) is 0 Å². The lowest BCUT2D eigenvalue weighted by Gasteiger charge is -2.35. The van der Waals surface area contributed by atoms with Crippen molar-refractivity contribution in [3.05, 3.63) is 0 Å². The standard InChI is InChI=1S/C10H20N2O3S3/c1-16-5-3-8(11)10(13)12-4-6-17-7-9(12)18(2,14)15/h8-9H,3-7,11H2,1-2H3/t8-,9?/m1/s1. The number of thioether (sulfide) groups is 2. The second-order valence-electron chi connectivity index (χ2n) is 4.28. The molecule has 1 fully saturated rings. The summed E-state index contributed by atoms with van der Waals surface area (Å²) in [5.41, 5.74) is 5.83. The number of nitrogens with two attached hydrogens (primary N) is 1. The normalized spacial score (nSPS) is 22.8. The Morgan fingerprint density at radius 3 is 2.83 bits per heavy atom. The van der Waals surface area contributed by atoms with Gasteiger partial charge < -0.3 is 10.6 Å². The Bertz CT molecular complexity index is 386. The lowest BCUT2D eigenvalue weighted by molar-refractivity contribution is -0.133. The molecule has 1 rings (SSSR count). The molecule has 0 spiro atoms. The summed E-state index contributed by atoms with van der Waals surface area (Å²) in [6.07, 6.45) is 3.71. The number of amides is 1. The van der Waals surface area contributed by atoms with Gasteiger partial charge in [0.25, 0.3) is 0 Å². The smallest absolute Gasteiger partial charge is 0.240 e. The zero-order valence-electron chi connectivity index (χ0n) is 10.7. The highest BCUT2D eigenvalue weighted by molar-refractivity contribution is 8.00. The summed E-state index contributed by atoms with van der Waals surface area (Å²) < 4.78 is 23.4. The van der Waals surface area contributed by atoms with E-state index >= 15 is 0 Å². The lowest BCUT2D eigenvalue weighted by Crippen LogP contribution is -2.55. The van der Waals surface area contributed by atoms with E-state index in [9.17, 15) is 13.2 Å². The summed E-state index contributed by atoms with van der Waals surface area (Å²) in [6.45, 7) is 0.466. The largest absolute Gasteiger partial charge is 0.323 e. The molecular formula is C10H20N2O3S3. The van der Waals surface area contributed by atoms with Crippen molar-refractivity contribution in [2.75, 3.05) is 36.3 Å². The molecule has 1 unspecified atom stereocenters. The molecule has 0 aromatic rings. The fraction of sp³-hybridized carbons (Fsp3) is 0.900. The summed E-state index contributed by atoms with van der Waals surface area (Å²) in [4.78, 5) is 13.6. The van der Waals surface area contributed by atoms with E-state index in [1.165, 1.54) is 11.2 Å². The first-order chi connectivity index (χ1) is 8.38. The molecule has 0 aromatic heterocycles. The van der Waals surface area contributed by atoms with Gasteiger partial charge in [-0.2, -0.15) is 23.5 Å². The van der Waals surface area contributed by atoms with Crippen LogP contribution in [-0.2, 0) is 14.6 Å². The van der Waals surface area contributed by atoms with Crippen LogP contribution in [0.15, 0.2) is 0 Å². The topological polar surface area (TPSA) is 80.5 Å². The fourth-order valence-corrected chi connectivity index (χ4v) is 5.08. The molecule has 106 valence electrons. The lowest BCUT2D eigenvalue weighted by atomic mass is 10.2. The van der Waals surface area contributed by atoms with Gasteiger partial charge in [-0.15, -0.1) is 0 Å². The first-order valence-corrected chi connectivity index (χ1v) is 10.2. The van der Waals surface area contributed by atoms with Gasteiger partial charge in [-0.25, -0.2) is 8.42 Å². The molecule has 5 nitrogen and oxygen atoms in total. The maximum Gasteiger partial charge on any atom is 0.240 e. The number of hydrogen-bond donors (Lipinski definition) is 1.